The molecule has 0 bridgehead atoms. The normalized spacial score (nSPS) is 34.5. The maximum absolute atomic E-state index is 12.3. The Kier molecular flexibility index (Phi) is 4.65. The molecule has 0 aromatic heterocycles. The maximum Gasteiger partial charge on any atom is 0.222 e. The van der Waals surface area contributed by atoms with Crippen LogP contribution in [0.3, 0.4) is 0 Å². The molecule has 0 spiro atoms. The Balaban J connectivity index is 1.37. The van der Waals surface area contributed by atoms with E-state index in [1.54, 1.807) is 0 Å². The van der Waals surface area contributed by atoms with Gasteiger partial charge in [-0.05, 0) is 37.5 Å². The second kappa shape index (κ2) is 6.46. The van der Waals surface area contributed by atoms with Crippen molar-refractivity contribution in [2.75, 3.05) is 13.1 Å². The summed E-state index contributed by atoms with van der Waals surface area (Å²) in [5.41, 5.74) is 0. The van der Waals surface area contributed by atoms with E-state index in [9.17, 15) is 9.90 Å². The zero-order valence-electron chi connectivity index (χ0n) is 12.6. The summed E-state index contributed by atoms with van der Waals surface area (Å²) in [6, 6.07) is 0. The molecule has 3 nitrogen and oxygen atoms in total. The summed E-state index contributed by atoms with van der Waals surface area (Å²) < 4.78 is 0. The lowest BCUT2D eigenvalue weighted by Gasteiger charge is -2.22. The van der Waals surface area contributed by atoms with Crippen LogP contribution in [0.5, 0.6) is 0 Å². The van der Waals surface area contributed by atoms with Crippen LogP contribution in [0.25, 0.3) is 0 Å². The predicted molar refractivity (Wildman–Crippen MR) is 79.2 cm³/mol. The van der Waals surface area contributed by atoms with Crippen molar-refractivity contribution in [1.29, 1.82) is 0 Å². The van der Waals surface area contributed by atoms with E-state index in [-0.39, 0.29) is 6.10 Å². The molecule has 3 unspecified atom stereocenters. The third-order valence-electron chi connectivity index (χ3n) is 5.90. The van der Waals surface area contributed by atoms with Crippen LogP contribution in [0.15, 0.2) is 0 Å². The number of hydrogen-bond donors (Lipinski definition) is 1. The van der Waals surface area contributed by atoms with Crippen molar-refractivity contribution >= 4 is 5.91 Å². The number of nitrogens with zero attached hydrogens (tertiary/aromatic N) is 1. The zero-order valence-corrected chi connectivity index (χ0v) is 12.6. The Morgan fingerprint density at radius 1 is 1.05 bits per heavy atom. The molecule has 3 aliphatic rings. The summed E-state index contributed by atoms with van der Waals surface area (Å²) >= 11 is 0. The van der Waals surface area contributed by atoms with Gasteiger partial charge >= 0.3 is 0 Å². The van der Waals surface area contributed by atoms with E-state index in [2.05, 4.69) is 0 Å². The minimum absolute atomic E-state index is 0.153. The molecule has 0 aromatic carbocycles. The number of aliphatic hydroxyl groups is 1. The Labute approximate surface area is 122 Å². The number of carbonyl (C=O) groups excluding carboxylic acids is 1. The van der Waals surface area contributed by atoms with Gasteiger partial charge in [-0.25, -0.2) is 0 Å². The fourth-order valence-electron chi connectivity index (χ4n) is 4.62. The Morgan fingerprint density at radius 3 is 2.60 bits per heavy atom. The Hall–Kier alpha value is -0.570. The summed E-state index contributed by atoms with van der Waals surface area (Å²) in [5.74, 6) is 2.17. The van der Waals surface area contributed by atoms with Gasteiger partial charge in [-0.15, -0.1) is 0 Å². The average Bonchev–Trinajstić information content (AvgIpc) is 3.03. The first-order valence-electron chi connectivity index (χ1n) is 8.70. The van der Waals surface area contributed by atoms with Crippen LogP contribution in [-0.2, 0) is 4.79 Å². The predicted octanol–water partition coefficient (Wildman–Crippen LogP) is 2.97. The van der Waals surface area contributed by atoms with E-state index in [1.165, 1.54) is 38.5 Å². The van der Waals surface area contributed by atoms with Crippen molar-refractivity contribution in [2.24, 2.45) is 17.8 Å². The molecule has 20 heavy (non-hydrogen) atoms. The molecule has 1 amide bonds. The van der Waals surface area contributed by atoms with Crippen molar-refractivity contribution in [3.8, 4) is 0 Å². The van der Waals surface area contributed by atoms with E-state index in [0.29, 0.717) is 17.7 Å². The summed E-state index contributed by atoms with van der Waals surface area (Å²) in [6.45, 7) is 1.72. The highest BCUT2D eigenvalue weighted by Crippen LogP contribution is 2.38. The van der Waals surface area contributed by atoms with Gasteiger partial charge < -0.3 is 10.0 Å². The Bertz CT molecular complexity index is 338. The highest BCUT2D eigenvalue weighted by molar-refractivity contribution is 5.76. The van der Waals surface area contributed by atoms with E-state index in [4.69, 9.17) is 0 Å². The smallest absolute Gasteiger partial charge is 0.222 e. The van der Waals surface area contributed by atoms with Gasteiger partial charge in [0.2, 0.25) is 5.91 Å². The van der Waals surface area contributed by atoms with Gasteiger partial charge in [-0.2, -0.15) is 0 Å². The second-order valence-corrected chi connectivity index (χ2v) is 7.26. The molecule has 3 rings (SSSR count). The highest BCUT2D eigenvalue weighted by atomic mass is 16.3. The van der Waals surface area contributed by atoms with Crippen molar-refractivity contribution in [3.05, 3.63) is 0 Å². The third kappa shape index (κ3) is 3.19. The SMILES string of the molecule is O=C(CCCC1CCCCC1)N1CC2CCC(O)C2C1. The first-order valence-corrected chi connectivity index (χ1v) is 8.70. The number of rotatable bonds is 4. The highest BCUT2D eigenvalue weighted by Gasteiger charge is 2.42. The minimum Gasteiger partial charge on any atom is -0.393 e. The maximum atomic E-state index is 12.3. The molecule has 3 atom stereocenters. The standard InChI is InChI=1S/C17H29NO2/c19-16-10-9-14-11-18(12-15(14)16)17(20)8-4-7-13-5-2-1-3-6-13/h13-16,19H,1-12H2. The molecule has 3 fully saturated rings. The van der Waals surface area contributed by atoms with E-state index in [0.717, 1.165) is 44.7 Å². The van der Waals surface area contributed by atoms with Gasteiger partial charge in [0.1, 0.15) is 0 Å². The molecular formula is C17H29NO2. The van der Waals surface area contributed by atoms with Gasteiger partial charge in [0.15, 0.2) is 0 Å². The monoisotopic (exact) mass is 279 g/mol. The fraction of sp³-hybridized carbons (Fsp3) is 0.941. The van der Waals surface area contributed by atoms with Crippen LogP contribution in [0, 0.1) is 17.8 Å². The lowest BCUT2D eigenvalue weighted by molar-refractivity contribution is -0.130. The number of amides is 1. The average molecular weight is 279 g/mol. The first-order chi connectivity index (χ1) is 9.74. The van der Waals surface area contributed by atoms with E-state index in [1.807, 2.05) is 4.90 Å². The molecular weight excluding hydrogens is 250 g/mol. The van der Waals surface area contributed by atoms with Crippen LogP contribution >= 0.6 is 0 Å². The molecule has 1 heterocycles. The van der Waals surface area contributed by atoms with Crippen LogP contribution in [0.4, 0.5) is 0 Å². The summed E-state index contributed by atoms with van der Waals surface area (Å²) in [6.07, 6.45) is 11.9. The van der Waals surface area contributed by atoms with Crippen LogP contribution in [0.2, 0.25) is 0 Å². The van der Waals surface area contributed by atoms with Gasteiger partial charge in [0, 0.05) is 25.4 Å². The third-order valence-corrected chi connectivity index (χ3v) is 5.90. The first kappa shape index (κ1) is 14.4. The van der Waals surface area contributed by atoms with Crippen molar-refractivity contribution in [1.82, 2.24) is 4.90 Å². The Morgan fingerprint density at radius 2 is 1.85 bits per heavy atom. The number of carbonyl (C=O) groups is 1. The summed E-state index contributed by atoms with van der Waals surface area (Å²) in [4.78, 5) is 14.3. The topological polar surface area (TPSA) is 40.5 Å². The molecule has 1 aliphatic heterocycles. The molecule has 3 heteroatoms. The lowest BCUT2D eigenvalue weighted by Crippen LogP contribution is -2.30. The molecule has 0 aromatic rings. The van der Waals surface area contributed by atoms with E-state index >= 15 is 0 Å². The minimum atomic E-state index is -0.153. The van der Waals surface area contributed by atoms with Crippen molar-refractivity contribution in [3.63, 3.8) is 0 Å². The molecule has 0 radical (unpaired) electrons. The number of fused-ring (bicyclic) bond motifs is 1. The number of likely N-dealkylation sites (tertiary alicyclic amines) is 1. The molecule has 2 saturated carbocycles. The zero-order chi connectivity index (χ0) is 13.9. The van der Waals surface area contributed by atoms with Crippen molar-refractivity contribution < 1.29 is 9.90 Å². The fourth-order valence-corrected chi connectivity index (χ4v) is 4.62. The summed E-state index contributed by atoms with van der Waals surface area (Å²) in [5, 5.41) is 9.91. The van der Waals surface area contributed by atoms with Gasteiger partial charge in [-0.1, -0.05) is 32.1 Å². The quantitative estimate of drug-likeness (QED) is 0.859. The molecule has 114 valence electrons. The van der Waals surface area contributed by atoms with Crippen LogP contribution in [0.1, 0.15) is 64.2 Å². The number of aliphatic hydroxyl groups excluding tert-OH is 1. The van der Waals surface area contributed by atoms with Gasteiger partial charge in [-0.3, -0.25) is 4.79 Å². The molecule has 1 N–H and O–H groups in total. The second-order valence-electron chi connectivity index (χ2n) is 7.26. The summed E-state index contributed by atoms with van der Waals surface area (Å²) in [7, 11) is 0. The van der Waals surface area contributed by atoms with Crippen LogP contribution < -0.4 is 0 Å². The van der Waals surface area contributed by atoms with Gasteiger partial charge in [0.25, 0.3) is 0 Å². The van der Waals surface area contributed by atoms with E-state index < -0.39 is 0 Å². The van der Waals surface area contributed by atoms with Crippen molar-refractivity contribution in [2.45, 2.75) is 70.3 Å². The lowest BCUT2D eigenvalue weighted by atomic mass is 9.86. The van der Waals surface area contributed by atoms with Gasteiger partial charge in [0.05, 0.1) is 6.10 Å². The molecule has 2 aliphatic carbocycles. The van der Waals surface area contributed by atoms with Crippen LogP contribution in [-0.4, -0.2) is 35.1 Å². The molecule has 1 saturated heterocycles. The largest absolute Gasteiger partial charge is 0.393 e. The number of hydrogen-bond acceptors (Lipinski definition) is 2.